The number of carbonyl (C=O) groups excluding carboxylic acids is 1. The fraction of sp³-hybridized carbons (Fsp3) is 0.263. The van der Waals surface area contributed by atoms with Gasteiger partial charge in [0.05, 0.1) is 10.8 Å². The minimum atomic E-state index is -3.84. The Balaban J connectivity index is 1.76. The van der Waals surface area contributed by atoms with E-state index in [1.54, 1.807) is 42.5 Å². The molecule has 0 spiro atoms. The van der Waals surface area contributed by atoms with Gasteiger partial charge >= 0.3 is 5.97 Å². The molecule has 2 aromatic rings. The van der Waals surface area contributed by atoms with Crippen molar-refractivity contribution >= 4 is 33.7 Å². The molecule has 0 saturated carbocycles. The van der Waals surface area contributed by atoms with Gasteiger partial charge < -0.3 is 10.4 Å². The lowest BCUT2D eigenvalue weighted by molar-refractivity contribution is -0.142. The predicted octanol–water partition coefficient (Wildman–Crippen LogP) is 1.56. The third kappa shape index (κ3) is 4.54. The Kier molecular flexibility index (Phi) is 6.38. The summed E-state index contributed by atoms with van der Waals surface area (Å²) in [6.07, 6.45) is 0.118. The lowest BCUT2D eigenvalue weighted by Crippen LogP contribution is -2.52. The smallest absolute Gasteiger partial charge is 0.326 e. The number of benzene rings is 2. The first-order valence-corrected chi connectivity index (χ1v) is 11.2. The lowest BCUT2D eigenvalue weighted by atomic mass is 10.1. The number of hydrogen-bond acceptors (Lipinski definition) is 5. The van der Waals surface area contributed by atoms with Crippen molar-refractivity contribution in [2.45, 2.75) is 23.4 Å². The SMILES string of the molecule is O=C(O)C(Cc1ccccc1)NC(=O)C1CSCN1S(=O)(=O)c1ccccc1. The maximum absolute atomic E-state index is 12.9. The number of thioether (sulfide) groups is 1. The summed E-state index contributed by atoms with van der Waals surface area (Å²) in [4.78, 5) is 24.5. The van der Waals surface area contributed by atoms with Crippen LogP contribution >= 0.6 is 11.8 Å². The van der Waals surface area contributed by atoms with Crippen LogP contribution in [0.3, 0.4) is 0 Å². The summed E-state index contributed by atoms with van der Waals surface area (Å²) in [5.74, 6) is -1.35. The van der Waals surface area contributed by atoms with Crippen LogP contribution in [0, 0.1) is 0 Å². The summed E-state index contributed by atoms with van der Waals surface area (Å²) in [5.41, 5.74) is 0.768. The van der Waals surface area contributed by atoms with Crippen molar-refractivity contribution in [1.82, 2.24) is 9.62 Å². The lowest BCUT2D eigenvalue weighted by Gasteiger charge is -2.24. The Morgan fingerprint density at radius 2 is 1.71 bits per heavy atom. The van der Waals surface area contributed by atoms with E-state index in [1.807, 2.05) is 6.07 Å². The molecule has 2 N–H and O–H groups in total. The average molecular weight is 421 g/mol. The Labute approximate surface area is 167 Å². The molecule has 1 amide bonds. The number of hydrogen-bond donors (Lipinski definition) is 2. The van der Waals surface area contributed by atoms with Gasteiger partial charge in [0, 0.05) is 12.2 Å². The zero-order valence-electron chi connectivity index (χ0n) is 14.9. The van der Waals surface area contributed by atoms with Crippen molar-refractivity contribution in [1.29, 1.82) is 0 Å². The normalized spacial score (nSPS) is 18.5. The van der Waals surface area contributed by atoms with Crippen LogP contribution in [-0.4, -0.2) is 53.4 Å². The highest BCUT2D eigenvalue weighted by atomic mass is 32.2. The van der Waals surface area contributed by atoms with E-state index in [4.69, 9.17) is 0 Å². The molecule has 148 valence electrons. The van der Waals surface area contributed by atoms with Gasteiger partial charge in [-0.2, -0.15) is 4.31 Å². The number of carboxylic acid groups (broad SMARTS) is 1. The van der Waals surface area contributed by atoms with Crippen LogP contribution in [-0.2, 0) is 26.0 Å². The second-order valence-electron chi connectivity index (χ2n) is 6.31. The molecule has 9 heteroatoms. The van der Waals surface area contributed by atoms with Crippen LogP contribution in [0.2, 0.25) is 0 Å². The molecule has 0 aliphatic carbocycles. The Morgan fingerprint density at radius 1 is 1.11 bits per heavy atom. The van der Waals surface area contributed by atoms with Crippen LogP contribution in [0.4, 0.5) is 0 Å². The molecular formula is C19H20N2O5S2. The zero-order chi connectivity index (χ0) is 20.1. The Hall–Kier alpha value is -2.36. The van der Waals surface area contributed by atoms with Gasteiger partial charge in [0.15, 0.2) is 0 Å². The van der Waals surface area contributed by atoms with Crippen LogP contribution in [0.1, 0.15) is 5.56 Å². The highest BCUT2D eigenvalue weighted by Gasteiger charge is 2.41. The van der Waals surface area contributed by atoms with E-state index >= 15 is 0 Å². The quantitative estimate of drug-likeness (QED) is 0.705. The first kappa shape index (κ1) is 20.4. The van der Waals surface area contributed by atoms with Crippen LogP contribution < -0.4 is 5.32 Å². The molecule has 2 unspecified atom stereocenters. The molecule has 3 rings (SSSR count). The summed E-state index contributed by atoms with van der Waals surface area (Å²) < 4.78 is 26.9. The van der Waals surface area contributed by atoms with E-state index in [-0.39, 0.29) is 22.9 Å². The number of sulfonamides is 1. The van der Waals surface area contributed by atoms with Gasteiger partial charge in [-0.05, 0) is 17.7 Å². The fourth-order valence-corrected chi connectivity index (χ4v) is 6.09. The summed E-state index contributed by atoms with van der Waals surface area (Å²) >= 11 is 1.32. The van der Waals surface area contributed by atoms with Crippen molar-refractivity contribution in [3.63, 3.8) is 0 Å². The van der Waals surface area contributed by atoms with E-state index in [1.165, 1.54) is 23.9 Å². The Bertz CT molecular complexity index is 935. The summed E-state index contributed by atoms with van der Waals surface area (Å²) in [6.45, 7) is 0. The maximum atomic E-state index is 12.9. The molecule has 2 atom stereocenters. The zero-order valence-corrected chi connectivity index (χ0v) is 16.5. The number of carboxylic acids is 1. The molecule has 7 nitrogen and oxygen atoms in total. The molecule has 1 heterocycles. The van der Waals surface area contributed by atoms with Gasteiger partial charge in [-0.25, -0.2) is 13.2 Å². The van der Waals surface area contributed by atoms with Crippen molar-refractivity contribution in [2.24, 2.45) is 0 Å². The minimum Gasteiger partial charge on any atom is -0.480 e. The molecule has 0 aromatic heterocycles. The number of nitrogens with one attached hydrogen (secondary N) is 1. The van der Waals surface area contributed by atoms with Crippen LogP contribution in [0.15, 0.2) is 65.6 Å². The van der Waals surface area contributed by atoms with Crippen molar-refractivity contribution in [3.8, 4) is 0 Å². The first-order chi connectivity index (χ1) is 13.4. The summed E-state index contributed by atoms with van der Waals surface area (Å²) in [7, 11) is -3.84. The highest BCUT2D eigenvalue weighted by molar-refractivity contribution is 8.00. The monoisotopic (exact) mass is 420 g/mol. The molecule has 2 aromatic carbocycles. The van der Waals surface area contributed by atoms with Gasteiger partial charge in [-0.1, -0.05) is 48.5 Å². The Morgan fingerprint density at radius 3 is 2.32 bits per heavy atom. The van der Waals surface area contributed by atoms with Crippen molar-refractivity contribution in [3.05, 3.63) is 66.2 Å². The second-order valence-corrected chi connectivity index (χ2v) is 9.20. The van der Waals surface area contributed by atoms with E-state index in [0.29, 0.717) is 0 Å². The molecule has 1 saturated heterocycles. The van der Waals surface area contributed by atoms with E-state index < -0.39 is 34.0 Å². The highest BCUT2D eigenvalue weighted by Crippen LogP contribution is 2.28. The molecule has 1 fully saturated rings. The standard InChI is InChI=1S/C19H20N2O5S2/c22-18(20-16(19(23)24)11-14-7-3-1-4-8-14)17-12-27-13-21(17)28(25,26)15-9-5-2-6-10-15/h1-10,16-17H,11-13H2,(H,20,22)(H,23,24). The van der Waals surface area contributed by atoms with E-state index in [0.717, 1.165) is 9.87 Å². The molecule has 1 aliphatic heterocycles. The second kappa shape index (κ2) is 8.76. The molecule has 28 heavy (non-hydrogen) atoms. The number of nitrogens with zero attached hydrogens (tertiary/aromatic N) is 1. The number of amides is 1. The predicted molar refractivity (Wildman–Crippen MR) is 106 cm³/mol. The summed E-state index contributed by atoms with van der Waals surface area (Å²) in [5, 5.41) is 12.0. The van der Waals surface area contributed by atoms with Crippen molar-refractivity contribution in [2.75, 3.05) is 11.6 Å². The van der Waals surface area contributed by atoms with Gasteiger partial charge in [0.25, 0.3) is 0 Å². The maximum Gasteiger partial charge on any atom is 0.326 e. The molecule has 0 radical (unpaired) electrons. The van der Waals surface area contributed by atoms with Crippen molar-refractivity contribution < 1.29 is 23.1 Å². The minimum absolute atomic E-state index is 0.106. The van der Waals surface area contributed by atoms with Gasteiger partial charge in [0.1, 0.15) is 12.1 Å². The van der Waals surface area contributed by atoms with E-state index in [2.05, 4.69) is 5.32 Å². The third-order valence-corrected chi connectivity index (χ3v) is 7.44. The van der Waals surface area contributed by atoms with E-state index in [9.17, 15) is 23.1 Å². The average Bonchev–Trinajstić information content (AvgIpc) is 3.20. The topological polar surface area (TPSA) is 104 Å². The molecular weight excluding hydrogens is 400 g/mol. The fourth-order valence-electron chi connectivity index (χ4n) is 2.92. The van der Waals surface area contributed by atoms with Gasteiger partial charge in [0.2, 0.25) is 15.9 Å². The molecule has 1 aliphatic rings. The van der Waals surface area contributed by atoms with Crippen LogP contribution in [0.5, 0.6) is 0 Å². The largest absolute Gasteiger partial charge is 0.480 e. The van der Waals surface area contributed by atoms with Crippen LogP contribution in [0.25, 0.3) is 0 Å². The van der Waals surface area contributed by atoms with Gasteiger partial charge in [-0.3, -0.25) is 4.79 Å². The molecule has 0 bridgehead atoms. The third-order valence-electron chi connectivity index (χ3n) is 4.39. The number of rotatable bonds is 7. The summed E-state index contributed by atoms with van der Waals surface area (Å²) in [6, 6.07) is 14.8. The van der Waals surface area contributed by atoms with Gasteiger partial charge in [-0.15, -0.1) is 11.8 Å². The first-order valence-electron chi connectivity index (χ1n) is 8.61. The number of carbonyl (C=O) groups is 2. The number of aliphatic carboxylic acids is 1.